The Hall–Kier alpha value is -2.89. The van der Waals surface area contributed by atoms with Gasteiger partial charge in [0.05, 0.1) is 16.1 Å². The molecule has 0 aliphatic heterocycles. The van der Waals surface area contributed by atoms with Crippen molar-refractivity contribution in [2.24, 2.45) is 10.8 Å². The molecule has 1 aliphatic carbocycles. The highest BCUT2D eigenvalue weighted by molar-refractivity contribution is 6.31. The summed E-state index contributed by atoms with van der Waals surface area (Å²) < 4.78 is 6.26. The number of anilines is 1. The number of rotatable bonds is 8. The summed E-state index contributed by atoms with van der Waals surface area (Å²) in [6.45, 7) is 8.92. The van der Waals surface area contributed by atoms with Gasteiger partial charge in [-0.3, -0.25) is 4.79 Å². The van der Waals surface area contributed by atoms with E-state index < -0.39 is 0 Å². The minimum atomic E-state index is -0.356. The van der Waals surface area contributed by atoms with Crippen LogP contribution >= 0.6 is 11.6 Å². The van der Waals surface area contributed by atoms with Gasteiger partial charge in [-0.15, -0.1) is 0 Å². The Balaban J connectivity index is 1.68. The molecule has 0 atom stereocenters. The van der Waals surface area contributed by atoms with E-state index in [1.165, 1.54) is 12.4 Å². The Kier molecular flexibility index (Phi) is 7.15. The molecule has 0 bridgehead atoms. The molecule has 0 radical (unpaired) electrons. The van der Waals surface area contributed by atoms with Crippen molar-refractivity contribution in [2.75, 3.05) is 25.1 Å². The van der Waals surface area contributed by atoms with Crippen molar-refractivity contribution in [1.29, 1.82) is 5.26 Å². The Morgan fingerprint density at radius 2 is 1.91 bits per heavy atom. The molecule has 1 fully saturated rings. The lowest BCUT2D eigenvalue weighted by Gasteiger charge is -2.63. The average molecular weight is 472 g/mol. The molecule has 2 aromatic rings. The number of ether oxygens (including phenoxy) is 1. The summed E-state index contributed by atoms with van der Waals surface area (Å²) in [6.07, 6.45) is 3.46. The first-order valence-electron chi connectivity index (χ1n) is 10.8. The quantitative estimate of drug-likeness (QED) is 0.606. The monoisotopic (exact) mass is 471 g/mol. The fraction of sp³-hybridized carbons (Fsp3) is 0.500. The second kappa shape index (κ2) is 9.54. The van der Waals surface area contributed by atoms with E-state index in [9.17, 15) is 4.79 Å². The van der Waals surface area contributed by atoms with E-state index in [2.05, 4.69) is 43.0 Å². The van der Waals surface area contributed by atoms with Crippen LogP contribution in [0.3, 0.4) is 0 Å². The van der Waals surface area contributed by atoms with Crippen LogP contribution in [0.4, 0.5) is 5.95 Å². The summed E-state index contributed by atoms with van der Waals surface area (Å²) >= 11 is 6.15. The topological polar surface area (TPSA) is 111 Å². The highest BCUT2D eigenvalue weighted by Gasteiger charge is 2.64. The van der Waals surface area contributed by atoms with E-state index in [1.807, 2.05) is 18.0 Å². The van der Waals surface area contributed by atoms with Crippen molar-refractivity contribution in [1.82, 2.24) is 15.3 Å². The van der Waals surface area contributed by atoms with Crippen molar-refractivity contribution in [3.63, 3.8) is 0 Å². The minimum absolute atomic E-state index is 0.0979. The van der Waals surface area contributed by atoms with Gasteiger partial charge in [0.2, 0.25) is 5.95 Å². The molecule has 1 saturated carbocycles. The molecule has 33 heavy (non-hydrogen) atoms. The maximum Gasteiger partial charge on any atom is 0.254 e. The highest BCUT2D eigenvalue weighted by Crippen LogP contribution is 2.55. The third-order valence-corrected chi connectivity index (χ3v) is 6.64. The number of aromatic nitrogens is 2. The first-order chi connectivity index (χ1) is 15.5. The van der Waals surface area contributed by atoms with E-state index >= 15 is 0 Å². The number of nitrogens with zero attached hydrogens (tertiary/aromatic N) is 4. The van der Waals surface area contributed by atoms with Gasteiger partial charge >= 0.3 is 0 Å². The number of hydrogen-bond acceptors (Lipinski definition) is 7. The van der Waals surface area contributed by atoms with Crippen LogP contribution in [0.15, 0.2) is 30.6 Å². The number of nitriles is 1. The zero-order valence-corrected chi connectivity index (χ0v) is 20.3. The number of aliphatic hydroxyl groups excluding tert-OH is 1. The van der Waals surface area contributed by atoms with Gasteiger partial charge in [-0.2, -0.15) is 5.26 Å². The number of nitrogens with one attached hydrogen (secondary N) is 1. The molecule has 1 heterocycles. The summed E-state index contributed by atoms with van der Waals surface area (Å²) in [5.41, 5.74) is 0.0636. The van der Waals surface area contributed by atoms with Crippen molar-refractivity contribution < 1.29 is 14.6 Å². The molecule has 1 aromatic carbocycles. The summed E-state index contributed by atoms with van der Waals surface area (Å²) in [7, 11) is 1.84. The first kappa shape index (κ1) is 24.7. The Bertz CT molecular complexity index is 1030. The minimum Gasteiger partial charge on any atom is -0.489 e. The van der Waals surface area contributed by atoms with Gasteiger partial charge in [0.1, 0.15) is 17.9 Å². The van der Waals surface area contributed by atoms with Crippen LogP contribution in [0.5, 0.6) is 5.75 Å². The van der Waals surface area contributed by atoms with Gasteiger partial charge in [-0.25, -0.2) is 9.97 Å². The van der Waals surface area contributed by atoms with Crippen LogP contribution in [0.25, 0.3) is 0 Å². The predicted molar refractivity (Wildman–Crippen MR) is 126 cm³/mol. The van der Waals surface area contributed by atoms with Gasteiger partial charge in [0.15, 0.2) is 0 Å². The van der Waals surface area contributed by atoms with Crippen LogP contribution in [0.2, 0.25) is 5.02 Å². The molecule has 2 N–H and O–H groups in total. The SMILES string of the molecule is CN(CCCO)c1ncc(C(=O)NC2C(C)(C)C(Oc3ccc(C#N)c(Cl)c3)C2(C)C)cn1. The summed E-state index contributed by atoms with van der Waals surface area (Å²) in [4.78, 5) is 23.3. The number of aliphatic hydroxyl groups is 1. The first-order valence-corrected chi connectivity index (χ1v) is 11.2. The molecule has 1 amide bonds. The molecule has 8 nitrogen and oxygen atoms in total. The summed E-state index contributed by atoms with van der Waals surface area (Å²) in [5, 5.41) is 21.5. The second-order valence-corrected chi connectivity index (χ2v) is 9.98. The van der Waals surface area contributed by atoms with Crippen LogP contribution in [0.1, 0.15) is 50.0 Å². The number of carbonyl (C=O) groups is 1. The lowest BCUT2D eigenvalue weighted by Crippen LogP contribution is -2.74. The molecular formula is C24H30ClN5O3. The van der Waals surface area contributed by atoms with E-state index in [0.717, 1.165) is 0 Å². The molecule has 0 saturated heterocycles. The fourth-order valence-electron chi connectivity index (χ4n) is 4.85. The summed E-state index contributed by atoms with van der Waals surface area (Å²) in [5.74, 6) is 0.841. The molecule has 0 spiro atoms. The Morgan fingerprint density at radius 3 is 2.45 bits per heavy atom. The largest absolute Gasteiger partial charge is 0.489 e. The number of benzene rings is 1. The Labute approximate surface area is 199 Å². The van der Waals surface area contributed by atoms with Crippen LogP contribution in [-0.4, -0.2) is 53.3 Å². The van der Waals surface area contributed by atoms with Gasteiger partial charge < -0.3 is 20.1 Å². The van der Waals surface area contributed by atoms with E-state index in [-0.39, 0.29) is 35.5 Å². The molecular weight excluding hydrogens is 442 g/mol. The molecule has 9 heteroatoms. The predicted octanol–water partition coefficient (Wildman–Crippen LogP) is 3.43. The normalized spacial score (nSPS) is 20.3. The van der Waals surface area contributed by atoms with E-state index in [1.54, 1.807) is 18.2 Å². The lowest BCUT2D eigenvalue weighted by atomic mass is 9.49. The highest BCUT2D eigenvalue weighted by atomic mass is 35.5. The number of hydrogen-bond donors (Lipinski definition) is 2. The van der Waals surface area contributed by atoms with Gasteiger partial charge in [-0.1, -0.05) is 39.3 Å². The standard InChI is InChI=1S/C24H30ClN5O3/c1-23(2)20(24(3,4)21(23)33-17-8-7-15(12-26)18(25)11-17)29-19(32)16-13-27-22(28-14-16)30(5)9-6-10-31/h7-8,11,13-14,20-21,31H,6,9-10H2,1-5H3,(H,29,32). The van der Waals surface area contributed by atoms with Gasteiger partial charge in [0, 0.05) is 55.5 Å². The second-order valence-electron chi connectivity index (χ2n) is 9.57. The van der Waals surface area contributed by atoms with Crippen molar-refractivity contribution in [2.45, 2.75) is 46.3 Å². The molecule has 0 unspecified atom stereocenters. The van der Waals surface area contributed by atoms with Crippen molar-refractivity contribution >= 4 is 23.5 Å². The third kappa shape index (κ3) is 4.90. The fourth-order valence-corrected chi connectivity index (χ4v) is 5.07. The number of amides is 1. The number of halogens is 1. The smallest absolute Gasteiger partial charge is 0.254 e. The van der Waals surface area contributed by atoms with Crippen LogP contribution in [0, 0.1) is 22.2 Å². The third-order valence-electron chi connectivity index (χ3n) is 6.32. The zero-order chi connectivity index (χ0) is 24.4. The van der Waals surface area contributed by atoms with Crippen molar-refractivity contribution in [3.8, 4) is 11.8 Å². The van der Waals surface area contributed by atoms with Crippen LogP contribution in [-0.2, 0) is 0 Å². The lowest BCUT2D eigenvalue weighted by molar-refractivity contribution is -0.164. The van der Waals surface area contributed by atoms with E-state index in [4.69, 9.17) is 26.7 Å². The van der Waals surface area contributed by atoms with E-state index in [0.29, 0.717) is 40.8 Å². The Morgan fingerprint density at radius 1 is 1.27 bits per heavy atom. The molecule has 1 aliphatic rings. The number of carbonyl (C=O) groups excluding carboxylic acids is 1. The maximum atomic E-state index is 12.9. The average Bonchev–Trinajstić information content (AvgIpc) is 2.79. The molecule has 176 valence electrons. The van der Waals surface area contributed by atoms with Crippen molar-refractivity contribution in [3.05, 3.63) is 46.7 Å². The van der Waals surface area contributed by atoms with Gasteiger partial charge in [0.25, 0.3) is 5.91 Å². The van der Waals surface area contributed by atoms with Crippen LogP contribution < -0.4 is 15.0 Å². The van der Waals surface area contributed by atoms with Gasteiger partial charge in [-0.05, 0) is 18.6 Å². The zero-order valence-electron chi connectivity index (χ0n) is 19.6. The molecule has 1 aromatic heterocycles. The summed E-state index contributed by atoms with van der Waals surface area (Å²) in [6, 6.07) is 6.91. The maximum absolute atomic E-state index is 12.9. The molecule has 3 rings (SSSR count).